The van der Waals surface area contributed by atoms with Crippen LogP contribution in [0.3, 0.4) is 0 Å². The van der Waals surface area contributed by atoms with E-state index >= 15 is 0 Å². The molecule has 7 heteroatoms. The summed E-state index contributed by atoms with van der Waals surface area (Å²) in [5.74, 6) is 0.0202. The van der Waals surface area contributed by atoms with Gasteiger partial charge in [0, 0.05) is 6.20 Å². The summed E-state index contributed by atoms with van der Waals surface area (Å²) in [6.07, 6.45) is 3.05. The number of aromatic nitrogens is 3. The van der Waals surface area contributed by atoms with Crippen LogP contribution in [0.2, 0.25) is 0 Å². The zero-order valence-corrected chi connectivity index (χ0v) is 11.6. The van der Waals surface area contributed by atoms with E-state index < -0.39 is 0 Å². The second-order valence-corrected chi connectivity index (χ2v) is 4.56. The molecule has 1 amide bonds. The molecule has 17 heavy (non-hydrogen) atoms. The number of hydrogen-bond donors (Lipinski definition) is 1. The Labute approximate surface area is 114 Å². The molecule has 2 aromatic heterocycles. The van der Waals surface area contributed by atoms with Crippen LogP contribution >= 0.6 is 31.9 Å². The number of carbonyl (C=O) groups is 1. The maximum absolute atomic E-state index is 11.8. The Balaban J connectivity index is 2.19. The van der Waals surface area contributed by atoms with Gasteiger partial charge in [0.15, 0.2) is 5.82 Å². The van der Waals surface area contributed by atoms with Gasteiger partial charge in [0.05, 0.1) is 6.20 Å². The van der Waals surface area contributed by atoms with Gasteiger partial charge in [-0.2, -0.15) is 0 Å². The largest absolute Gasteiger partial charge is 0.303 e. The van der Waals surface area contributed by atoms with Gasteiger partial charge in [-0.1, -0.05) is 6.07 Å². The van der Waals surface area contributed by atoms with Crippen molar-refractivity contribution >= 4 is 43.6 Å². The molecule has 0 radical (unpaired) electrons. The summed E-state index contributed by atoms with van der Waals surface area (Å²) in [7, 11) is 0. The monoisotopic (exact) mass is 356 g/mol. The average Bonchev–Trinajstić information content (AvgIpc) is 2.34. The molecule has 2 heterocycles. The Hall–Kier alpha value is -1.34. The summed E-state index contributed by atoms with van der Waals surface area (Å²) in [4.78, 5) is 23.8. The highest BCUT2D eigenvalue weighted by molar-refractivity contribution is 9.11. The van der Waals surface area contributed by atoms with E-state index in [2.05, 4.69) is 52.1 Å². The zero-order chi connectivity index (χ0) is 12.3. The van der Waals surface area contributed by atoms with Crippen LogP contribution < -0.4 is 5.32 Å². The van der Waals surface area contributed by atoms with Crippen LogP contribution in [-0.2, 0) is 0 Å². The molecular formula is C10H6Br2N4O. The van der Waals surface area contributed by atoms with Gasteiger partial charge >= 0.3 is 0 Å². The first-order valence-corrected chi connectivity index (χ1v) is 6.16. The molecule has 0 spiro atoms. The fourth-order valence-corrected chi connectivity index (χ4v) is 2.01. The van der Waals surface area contributed by atoms with Crippen molar-refractivity contribution < 1.29 is 4.79 Å². The van der Waals surface area contributed by atoms with Crippen LogP contribution in [0.15, 0.2) is 39.8 Å². The molecule has 0 aliphatic rings. The zero-order valence-electron chi connectivity index (χ0n) is 8.39. The quantitative estimate of drug-likeness (QED) is 0.897. The summed E-state index contributed by atoms with van der Waals surface area (Å²) in [6.45, 7) is 0. The van der Waals surface area contributed by atoms with Gasteiger partial charge in [-0.3, -0.25) is 9.78 Å². The van der Waals surface area contributed by atoms with E-state index in [1.807, 2.05) is 0 Å². The second-order valence-electron chi connectivity index (χ2n) is 3.00. The Bertz CT molecular complexity index is 547. The summed E-state index contributed by atoms with van der Waals surface area (Å²) in [6, 6.07) is 5.10. The average molecular weight is 358 g/mol. The number of amides is 1. The summed E-state index contributed by atoms with van der Waals surface area (Å²) >= 11 is 6.39. The third kappa shape index (κ3) is 3.07. The third-order valence-corrected chi connectivity index (χ3v) is 2.76. The fourth-order valence-electron chi connectivity index (χ4n) is 1.10. The van der Waals surface area contributed by atoms with Crippen LogP contribution in [0, 0.1) is 0 Å². The lowest BCUT2D eigenvalue weighted by molar-refractivity contribution is 0.102. The van der Waals surface area contributed by atoms with E-state index in [9.17, 15) is 4.79 Å². The van der Waals surface area contributed by atoms with Crippen molar-refractivity contribution in [1.29, 1.82) is 0 Å². The van der Waals surface area contributed by atoms with Gasteiger partial charge < -0.3 is 5.32 Å². The van der Waals surface area contributed by atoms with Crippen molar-refractivity contribution in [1.82, 2.24) is 15.0 Å². The van der Waals surface area contributed by atoms with E-state index in [1.54, 1.807) is 24.4 Å². The van der Waals surface area contributed by atoms with Crippen molar-refractivity contribution in [3.05, 3.63) is 45.5 Å². The molecule has 1 N–H and O–H groups in total. The molecule has 0 saturated heterocycles. The Morgan fingerprint density at radius 3 is 2.71 bits per heavy atom. The lowest BCUT2D eigenvalue weighted by Crippen LogP contribution is -2.15. The van der Waals surface area contributed by atoms with Crippen LogP contribution in [0.5, 0.6) is 0 Å². The SMILES string of the molecule is O=C(Nc1ncc(Br)nc1Br)c1ccccn1. The highest BCUT2D eigenvalue weighted by atomic mass is 79.9. The van der Waals surface area contributed by atoms with Crippen molar-refractivity contribution in [3.8, 4) is 0 Å². The first-order chi connectivity index (χ1) is 8.16. The lowest BCUT2D eigenvalue weighted by Gasteiger charge is -2.05. The predicted octanol–water partition coefficient (Wildman–Crippen LogP) is 2.65. The van der Waals surface area contributed by atoms with E-state index in [0.717, 1.165) is 0 Å². The number of pyridine rings is 1. The van der Waals surface area contributed by atoms with E-state index in [-0.39, 0.29) is 5.91 Å². The van der Waals surface area contributed by atoms with Crippen molar-refractivity contribution in [3.63, 3.8) is 0 Å². The van der Waals surface area contributed by atoms with Gasteiger partial charge in [-0.05, 0) is 44.0 Å². The molecule has 0 fully saturated rings. The van der Waals surface area contributed by atoms with E-state index in [1.165, 1.54) is 6.20 Å². The third-order valence-electron chi connectivity index (χ3n) is 1.83. The van der Waals surface area contributed by atoms with Gasteiger partial charge in [0.1, 0.15) is 14.9 Å². The number of rotatable bonds is 2. The highest BCUT2D eigenvalue weighted by Crippen LogP contribution is 2.19. The fraction of sp³-hybridized carbons (Fsp3) is 0. The number of carbonyl (C=O) groups excluding carboxylic acids is 1. The Kier molecular flexibility index (Phi) is 3.80. The first kappa shape index (κ1) is 12.1. The van der Waals surface area contributed by atoms with Crippen molar-refractivity contribution in [2.45, 2.75) is 0 Å². The van der Waals surface area contributed by atoms with Crippen molar-refractivity contribution in [2.75, 3.05) is 5.32 Å². The first-order valence-electron chi connectivity index (χ1n) is 4.57. The Morgan fingerprint density at radius 2 is 2.06 bits per heavy atom. The van der Waals surface area contributed by atoms with Crippen LogP contribution in [0.1, 0.15) is 10.5 Å². The smallest absolute Gasteiger partial charge is 0.275 e. The molecule has 0 saturated carbocycles. The molecule has 2 aromatic rings. The standard InChI is InChI=1S/C10H6Br2N4O/c11-7-5-14-9(8(12)15-7)16-10(17)6-3-1-2-4-13-6/h1-5H,(H,14,16,17). The summed E-state index contributed by atoms with van der Waals surface area (Å²) < 4.78 is 1.04. The topological polar surface area (TPSA) is 67.8 Å². The second kappa shape index (κ2) is 5.33. The molecular weight excluding hydrogens is 352 g/mol. The Morgan fingerprint density at radius 1 is 1.24 bits per heavy atom. The van der Waals surface area contributed by atoms with Gasteiger partial charge in [-0.15, -0.1) is 0 Å². The van der Waals surface area contributed by atoms with Crippen LogP contribution in [-0.4, -0.2) is 20.9 Å². The van der Waals surface area contributed by atoms with E-state index in [0.29, 0.717) is 20.7 Å². The number of nitrogens with zero attached hydrogens (tertiary/aromatic N) is 3. The number of anilines is 1. The number of nitrogens with one attached hydrogen (secondary N) is 1. The summed E-state index contributed by atoms with van der Waals surface area (Å²) in [5, 5.41) is 2.61. The number of halogens is 2. The minimum absolute atomic E-state index is 0.323. The maximum atomic E-state index is 11.8. The maximum Gasteiger partial charge on any atom is 0.275 e. The number of hydrogen-bond acceptors (Lipinski definition) is 4. The van der Waals surface area contributed by atoms with Gasteiger partial charge in [0.25, 0.3) is 5.91 Å². The van der Waals surface area contributed by atoms with Gasteiger partial charge in [-0.25, -0.2) is 9.97 Å². The molecule has 0 bridgehead atoms. The van der Waals surface area contributed by atoms with Crippen LogP contribution in [0.25, 0.3) is 0 Å². The highest BCUT2D eigenvalue weighted by Gasteiger charge is 2.10. The van der Waals surface area contributed by atoms with Crippen molar-refractivity contribution in [2.24, 2.45) is 0 Å². The summed E-state index contributed by atoms with van der Waals surface area (Å²) in [5.41, 5.74) is 0.323. The molecule has 0 aliphatic heterocycles. The minimum Gasteiger partial charge on any atom is -0.303 e. The molecule has 5 nitrogen and oxygen atoms in total. The molecule has 2 rings (SSSR count). The predicted molar refractivity (Wildman–Crippen MR) is 69.6 cm³/mol. The molecule has 0 unspecified atom stereocenters. The van der Waals surface area contributed by atoms with Crippen LogP contribution in [0.4, 0.5) is 5.82 Å². The molecule has 0 aromatic carbocycles. The normalized spacial score (nSPS) is 10.0. The molecule has 0 aliphatic carbocycles. The lowest BCUT2D eigenvalue weighted by atomic mass is 10.3. The van der Waals surface area contributed by atoms with E-state index in [4.69, 9.17) is 0 Å². The molecule has 0 atom stereocenters. The molecule has 86 valence electrons. The van der Waals surface area contributed by atoms with Gasteiger partial charge in [0.2, 0.25) is 0 Å². The minimum atomic E-state index is -0.331.